The quantitative estimate of drug-likeness (QED) is 0.0267. The van der Waals surface area contributed by atoms with Crippen LogP contribution in [0.5, 0.6) is 23.0 Å². The monoisotopic (exact) mass is 861 g/mol. The summed E-state index contributed by atoms with van der Waals surface area (Å²) in [6.07, 6.45) is 41.1. The van der Waals surface area contributed by atoms with Gasteiger partial charge in [0.15, 0.2) is 5.60 Å². The first-order chi connectivity index (χ1) is 31.0. The van der Waals surface area contributed by atoms with E-state index in [1.54, 1.807) is 42.5 Å². The van der Waals surface area contributed by atoms with Gasteiger partial charge in [-0.25, -0.2) is 4.79 Å². The van der Waals surface area contributed by atoms with Gasteiger partial charge >= 0.3 is 17.9 Å². The minimum absolute atomic E-state index is 0.295. The summed E-state index contributed by atoms with van der Waals surface area (Å²) < 4.78 is 24.3. The molecule has 2 heterocycles. The Morgan fingerprint density at radius 1 is 0.492 bits per heavy atom. The third-order valence-electron chi connectivity index (χ3n) is 12.4. The predicted molar refractivity (Wildman–Crippen MR) is 255 cm³/mol. The number of fused-ring (bicyclic) bond motifs is 6. The highest BCUT2D eigenvalue weighted by atomic mass is 16.6. The van der Waals surface area contributed by atoms with Crippen LogP contribution in [0.1, 0.15) is 221 Å². The summed E-state index contributed by atoms with van der Waals surface area (Å²) in [5.41, 5.74) is 1.14. The van der Waals surface area contributed by atoms with Crippen LogP contribution in [0.2, 0.25) is 0 Å². The van der Waals surface area contributed by atoms with Crippen LogP contribution in [0.3, 0.4) is 0 Å². The third kappa shape index (κ3) is 15.8. The van der Waals surface area contributed by atoms with E-state index in [9.17, 15) is 14.4 Å². The van der Waals surface area contributed by atoms with Gasteiger partial charge in [0.2, 0.25) is 0 Å². The van der Waals surface area contributed by atoms with Crippen LogP contribution in [0.4, 0.5) is 0 Å². The summed E-state index contributed by atoms with van der Waals surface area (Å²) in [6, 6.07) is 17.8. The van der Waals surface area contributed by atoms with Crippen LogP contribution in [0.25, 0.3) is 0 Å². The molecule has 2 aliphatic rings. The maximum atomic E-state index is 13.3. The molecule has 7 nitrogen and oxygen atoms in total. The number of unbranched alkanes of at least 4 members (excludes halogenated alkanes) is 22. The fraction of sp³-hybridized carbons (Fsp3) is 0.554. The summed E-state index contributed by atoms with van der Waals surface area (Å²) in [4.78, 5) is 39.2. The number of benzene rings is 3. The van der Waals surface area contributed by atoms with Crippen molar-refractivity contribution in [1.29, 1.82) is 0 Å². The van der Waals surface area contributed by atoms with Gasteiger partial charge in [-0.1, -0.05) is 159 Å². The molecule has 5 rings (SSSR count). The topological polar surface area (TPSA) is 88.1 Å². The van der Waals surface area contributed by atoms with Crippen molar-refractivity contribution in [3.8, 4) is 23.0 Å². The molecule has 0 radical (unpaired) electrons. The number of ether oxygens (including phenoxy) is 4. The van der Waals surface area contributed by atoms with Crippen LogP contribution >= 0.6 is 0 Å². The second kappa shape index (κ2) is 28.2. The number of esters is 3. The molecule has 0 saturated heterocycles. The van der Waals surface area contributed by atoms with Crippen LogP contribution in [0, 0.1) is 0 Å². The molecular weight excluding hydrogens is 785 g/mol. The van der Waals surface area contributed by atoms with Gasteiger partial charge in [-0.3, -0.25) is 9.59 Å². The largest absolute Gasteiger partial charge is 0.456 e. The van der Waals surface area contributed by atoms with E-state index < -0.39 is 11.6 Å². The molecule has 1 spiro atoms. The fourth-order valence-corrected chi connectivity index (χ4v) is 8.81. The van der Waals surface area contributed by atoms with E-state index in [0.29, 0.717) is 58.1 Å². The molecule has 0 saturated carbocycles. The molecule has 63 heavy (non-hydrogen) atoms. The lowest BCUT2D eigenvalue weighted by atomic mass is 9.77. The Bertz CT molecular complexity index is 1800. The van der Waals surface area contributed by atoms with E-state index in [1.165, 1.54) is 103 Å². The number of allylic oxidation sites excluding steroid dienone is 4. The van der Waals surface area contributed by atoms with Crippen molar-refractivity contribution in [1.82, 2.24) is 0 Å². The van der Waals surface area contributed by atoms with E-state index >= 15 is 0 Å². The van der Waals surface area contributed by atoms with Crippen molar-refractivity contribution >= 4 is 17.9 Å². The second-order valence-corrected chi connectivity index (χ2v) is 17.7. The standard InChI is InChI=1S/C56H76O7/c1-3-5-7-9-11-13-15-17-19-21-23-25-27-29-31-37-53(57)60-45-39-41-49-51(43-45)62-52-44-46(40-42-50(52)56(49)48-36-34-33-35-47(48)55(59)63-56)61-54(58)38-32-30-28-26-24-22-20-18-16-14-12-10-8-6-4-2/h17-20,33-36,39-44H,3-16,21-32,37-38H2,1-2H3. The zero-order valence-corrected chi connectivity index (χ0v) is 38.7. The molecule has 0 amide bonds. The highest BCUT2D eigenvalue weighted by Crippen LogP contribution is 2.57. The van der Waals surface area contributed by atoms with Gasteiger partial charge in [-0.2, -0.15) is 0 Å². The van der Waals surface area contributed by atoms with Gasteiger partial charge < -0.3 is 18.9 Å². The van der Waals surface area contributed by atoms with Gasteiger partial charge in [0.1, 0.15) is 23.0 Å². The maximum absolute atomic E-state index is 13.3. The smallest absolute Gasteiger partial charge is 0.340 e. The molecule has 0 bridgehead atoms. The van der Waals surface area contributed by atoms with Crippen LogP contribution in [-0.2, 0) is 19.9 Å². The summed E-state index contributed by atoms with van der Waals surface area (Å²) >= 11 is 0. The van der Waals surface area contributed by atoms with Crippen molar-refractivity contribution in [3.63, 3.8) is 0 Å². The van der Waals surface area contributed by atoms with Crippen molar-refractivity contribution < 1.29 is 33.3 Å². The summed E-state index contributed by atoms with van der Waals surface area (Å²) in [5, 5.41) is 0. The van der Waals surface area contributed by atoms with E-state index in [4.69, 9.17) is 18.9 Å². The molecule has 0 aromatic heterocycles. The molecule has 3 aromatic carbocycles. The third-order valence-corrected chi connectivity index (χ3v) is 12.4. The molecule has 0 aliphatic carbocycles. The molecule has 2 aliphatic heterocycles. The second-order valence-electron chi connectivity index (χ2n) is 17.7. The fourth-order valence-electron chi connectivity index (χ4n) is 8.81. The van der Waals surface area contributed by atoms with E-state index in [2.05, 4.69) is 38.2 Å². The first-order valence-electron chi connectivity index (χ1n) is 25.0. The Kier molecular flexibility index (Phi) is 22.1. The van der Waals surface area contributed by atoms with Crippen molar-refractivity contribution in [2.75, 3.05) is 0 Å². The Labute approximate surface area is 379 Å². The van der Waals surface area contributed by atoms with Crippen molar-refractivity contribution in [2.24, 2.45) is 0 Å². The van der Waals surface area contributed by atoms with Gasteiger partial charge in [0.05, 0.1) is 5.56 Å². The van der Waals surface area contributed by atoms with Crippen LogP contribution in [0.15, 0.2) is 85.0 Å². The number of hydrogen-bond donors (Lipinski definition) is 0. The summed E-state index contributed by atoms with van der Waals surface area (Å²) in [7, 11) is 0. The molecule has 0 atom stereocenters. The van der Waals surface area contributed by atoms with Gasteiger partial charge in [-0.05, 0) is 94.5 Å². The first kappa shape index (κ1) is 49.4. The first-order valence-corrected chi connectivity index (χ1v) is 25.0. The highest BCUT2D eigenvalue weighted by molar-refractivity contribution is 5.97. The normalized spacial score (nSPS) is 15.0. The zero-order valence-electron chi connectivity index (χ0n) is 38.7. The number of hydrogen-bond acceptors (Lipinski definition) is 7. The average molecular weight is 861 g/mol. The minimum atomic E-state index is -1.28. The molecule has 0 fully saturated rings. The molecule has 342 valence electrons. The number of carbonyl (C=O) groups is 3. The number of rotatable bonds is 32. The molecule has 3 aromatic rings. The maximum Gasteiger partial charge on any atom is 0.340 e. The lowest BCUT2D eigenvalue weighted by Crippen LogP contribution is -2.33. The van der Waals surface area contributed by atoms with Crippen LogP contribution < -0.4 is 14.2 Å². The predicted octanol–water partition coefficient (Wildman–Crippen LogP) is 16.1. The lowest BCUT2D eigenvalue weighted by molar-refractivity contribution is -0.135. The van der Waals surface area contributed by atoms with E-state index in [1.807, 2.05) is 18.2 Å². The van der Waals surface area contributed by atoms with Crippen molar-refractivity contribution in [3.05, 3.63) is 107 Å². The summed E-state index contributed by atoms with van der Waals surface area (Å²) in [5.74, 6) is 0.476. The molecule has 0 unspecified atom stereocenters. The molecule has 0 N–H and O–H groups in total. The Morgan fingerprint density at radius 3 is 1.33 bits per heavy atom. The Balaban J connectivity index is 1.07. The molecular formula is C56H76O7. The molecule has 7 heteroatoms. The summed E-state index contributed by atoms with van der Waals surface area (Å²) in [6.45, 7) is 4.52. The van der Waals surface area contributed by atoms with Gasteiger partial charge in [0.25, 0.3) is 0 Å². The lowest BCUT2D eigenvalue weighted by Gasteiger charge is -2.36. The van der Waals surface area contributed by atoms with E-state index in [-0.39, 0.29) is 11.9 Å². The van der Waals surface area contributed by atoms with Crippen molar-refractivity contribution in [2.45, 2.75) is 199 Å². The van der Waals surface area contributed by atoms with E-state index in [0.717, 1.165) is 64.2 Å². The van der Waals surface area contributed by atoms with Crippen LogP contribution in [-0.4, -0.2) is 17.9 Å². The average Bonchev–Trinajstić information content (AvgIpc) is 3.57. The van der Waals surface area contributed by atoms with Gasteiger partial charge in [0, 0.05) is 41.7 Å². The Hall–Kier alpha value is -4.65. The Morgan fingerprint density at radius 2 is 0.889 bits per heavy atom. The highest BCUT2D eigenvalue weighted by Gasteiger charge is 2.53. The zero-order chi connectivity index (χ0) is 44.4. The van der Waals surface area contributed by atoms with Gasteiger partial charge in [-0.15, -0.1) is 0 Å². The SMILES string of the molecule is CCCCCCCCC=CCCCCCCCC(=O)Oc1ccc2c(c1)Oc1cc(OC(=O)CCCCCCCC=CCCCCCCCC)ccc1C21OC(=O)c2ccccc21. The minimum Gasteiger partial charge on any atom is -0.456 e. The number of carbonyl (C=O) groups excluding carboxylic acids is 3.